The zero-order valence-electron chi connectivity index (χ0n) is 20.0. The van der Waals surface area contributed by atoms with Crippen molar-refractivity contribution in [1.82, 2.24) is 0 Å². The molecule has 0 amide bonds. The topological polar surface area (TPSA) is 46.5 Å². The summed E-state index contributed by atoms with van der Waals surface area (Å²) in [5, 5.41) is 9.92. The van der Waals surface area contributed by atoms with E-state index >= 15 is 0 Å². The van der Waals surface area contributed by atoms with E-state index in [9.17, 15) is 9.90 Å². The number of phenolic OH excluding ortho intramolecular Hbond substituents is 1. The molecule has 0 radical (unpaired) electrons. The van der Waals surface area contributed by atoms with Gasteiger partial charge in [-0.1, -0.05) is 46.1 Å². The quantitative estimate of drug-likeness (QED) is 0.366. The lowest BCUT2D eigenvalue weighted by Gasteiger charge is -2.55. The molecule has 0 unspecified atom stereocenters. The fourth-order valence-corrected chi connectivity index (χ4v) is 8.12. The second-order valence-corrected chi connectivity index (χ2v) is 10.7. The number of hydrogen-bond donors (Lipinski definition) is 1. The number of benzene rings is 1. The van der Waals surface area contributed by atoms with E-state index in [0.29, 0.717) is 29.9 Å². The van der Waals surface area contributed by atoms with Gasteiger partial charge in [-0.2, -0.15) is 40.5 Å². The fourth-order valence-electron chi connectivity index (χ4n) is 8.12. The predicted octanol–water partition coefficient (Wildman–Crippen LogP) is 7.62. The van der Waals surface area contributed by atoms with Gasteiger partial charge in [-0.3, -0.25) is 4.79 Å². The summed E-state index contributed by atoms with van der Waals surface area (Å²) < 4.78 is 6.58. The van der Waals surface area contributed by atoms with Crippen LogP contribution in [0.25, 0.3) is 0 Å². The van der Waals surface area contributed by atoms with Crippen molar-refractivity contribution in [1.29, 1.82) is 0 Å². The van der Waals surface area contributed by atoms with Gasteiger partial charge in [-0.05, 0) is 97.3 Å². The zero-order valence-corrected chi connectivity index (χ0v) is 23.0. The van der Waals surface area contributed by atoms with E-state index in [2.05, 4.69) is 25.6 Å². The third kappa shape index (κ3) is 4.54. The minimum absolute atomic E-state index is 0. The van der Waals surface area contributed by atoms with Gasteiger partial charge in [0, 0.05) is 17.8 Å². The van der Waals surface area contributed by atoms with E-state index in [-0.39, 0.29) is 72.1 Å². The molecule has 1 heterocycles. The number of carbonyl (C=O) groups excluding carboxylic acids is 1. The molecule has 4 aliphatic carbocycles. The number of phenols is 1. The van der Waals surface area contributed by atoms with E-state index < -0.39 is 0 Å². The lowest BCUT2D eigenvalue weighted by Crippen LogP contribution is -2.52. The molecule has 1 saturated heterocycles. The normalized spacial score (nSPS) is 33.9. The summed E-state index contributed by atoms with van der Waals surface area (Å²) in [6.45, 7) is 7.78. The Bertz CT molecular complexity index is 1040. The van der Waals surface area contributed by atoms with Gasteiger partial charge >= 0.3 is 0 Å². The van der Waals surface area contributed by atoms with Crippen LogP contribution in [0.1, 0.15) is 84.6 Å². The molecular weight excluding hydrogens is 505 g/mol. The number of hydrogen-bond acceptors (Lipinski definition) is 3. The highest BCUT2D eigenvalue weighted by atomic mass is 32.1. The van der Waals surface area contributed by atoms with Crippen molar-refractivity contribution in [3.05, 3.63) is 64.8 Å². The molecule has 1 N–H and O–H groups in total. The lowest BCUT2D eigenvalue weighted by molar-refractivity contribution is -0.114. The molecule has 1 aromatic rings. The molecule has 0 aromatic heterocycles. The van der Waals surface area contributed by atoms with Gasteiger partial charge < -0.3 is 9.84 Å². The van der Waals surface area contributed by atoms with Crippen molar-refractivity contribution in [2.24, 2.45) is 17.3 Å². The summed E-state index contributed by atoms with van der Waals surface area (Å²) in [5.74, 6) is 2.07. The SMILES string of the molecule is C.C.C=C1CCO[C@]12CC[C@H]1[C@@H]3CCC4=CC(=O)CCC4=C3[C@@H](c3ccc(O)cc3)C[C@@]12C.S.S.S. The first-order valence-corrected chi connectivity index (χ1v) is 12.0. The first-order valence-electron chi connectivity index (χ1n) is 12.0. The first-order chi connectivity index (χ1) is 14.9. The monoisotopic (exact) mass is 550 g/mol. The Morgan fingerprint density at radius 1 is 1.00 bits per heavy atom. The molecule has 1 aliphatic heterocycles. The number of rotatable bonds is 1. The molecule has 3 fully saturated rings. The number of fused-ring (bicyclic) bond motifs is 5. The minimum atomic E-state index is -0.179. The fraction of sp³-hybridized carbons (Fsp3) is 0.567. The van der Waals surface area contributed by atoms with Crippen LogP contribution >= 0.6 is 40.5 Å². The number of allylic oxidation sites excluding steroid dienone is 4. The van der Waals surface area contributed by atoms with Gasteiger partial charge in [0.1, 0.15) is 5.75 Å². The average Bonchev–Trinajstić information content (AvgIpc) is 3.28. The van der Waals surface area contributed by atoms with Crippen molar-refractivity contribution in [3.63, 3.8) is 0 Å². The van der Waals surface area contributed by atoms with Crippen LogP contribution in [-0.2, 0) is 9.53 Å². The summed E-state index contributed by atoms with van der Waals surface area (Å²) in [5.41, 5.74) is 6.85. The van der Waals surface area contributed by atoms with Crippen molar-refractivity contribution >= 4 is 46.3 Å². The molecule has 1 aromatic carbocycles. The third-order valence-electron chi connectivity index (χ3n) is 9.47. The number of ketones is 1. The largest absolute Gasteiger partial charge is 0.508 e. The standard InChI is InChI=1S/C28H32O3.2CH4.3H2S/c1-17-12-14-31-28(17)13-11-25-23-9-5-19-15-21(30)8-10-22(19)26(23)24(16-27(25,28)2)18-3-6-20(29)7-4-18;;;;;/h3-4,6-7,15,23-25,29H,1,5,8-14,16H2,2H3;2*1H4;3*1H2/t23-,24+,25-,27-,28+;;;;;/m0...../s1. The minimum Gasteiger partial charge on any atom is -0.508 e. The van der Waals surface area contributed by atoms with Crippen LogP contribution in [0.3, 0.4) is 0 Å². The van der Waals surface area contributed by atoms with Crippen LogP contribution in [0.5, 0.6) is 5.75 Å². The maximum absolute atomic E-state index is 12.2. The maximum Gasteiger partial charge on any atom is 0.156 e. The number of ether oxygens (including phenoxy) is 1. The van der Waals surface area contributed by atoms with Gasteiger partial charge in [0.2, 0.25) is 0 Å². The zero-order chi connectivity index (χ0) is 21.4. The van der Waals surface area contributed by atoms with Gasteiger partial charge in [-0.25, -0.2) is 0 Å². The predicted molar refractivity (Wildman–Crippen MR) is 165 cm³/mol. The molecule has 2 saturated carbocycles. The van der Waals surface area contributed by atoms with E-state index in [1.807, 2.05) is 18.2 Å². The summed E-state index contributed by atoms with van der Waals surface area (Å²) in [6, 6.07) is 7.85. The number of carbonyl (C=O) groups is 1. The van der Waals surface area contributed by atoms with Crippen LogP contribution < -0.4 is 0 Å². The van der Waals surface area contributed by atoms with Crippen LogP contribution in [-0.4, -0.2) is 23.1 Å². The molecule has 3 nitrogen and oxygen atoms in total. The molecule has 6 rings (SSSR count). The number of aromatic hydroxyl groups is 1. The molecule has 5 aliphatic rings. The Hall–Kier alpha value is -1.08. The Morgan fingerprint density at radius 3 is 2.33 bits per heavy atom. The van der Waals surface area contributed by atoms with E-state index in [4.69, 9.17) is 4.74 Å². The van der Waals surface area contributed by atoms with Crippen molar-refractivity contribution < 1.29 is 14.6 Å². The lowest BCUT2D eigenvalue weighted by atomic mass is 9.50. The molecule has 5 atom stereocenters. The van der Waals surface area contributed by atoms with E-state index in [0.717, 1.165) is 45.1 Å². The molecular formula is C30H46O3S3. The van der Waals surface area contributed by atoms with Crippen LogP contribution in [0.4, 0.5) is 0 Å². The Balaban J connectivity index is 0.00000130. The third-order valence-corrected chi connectivity index (χ3v) is 9.47. The van der Waals surface area contributed by atoms with Gasteiger partial charge in [0.15, 0.2) is 5.78 Å². The summed E-state index contributed by atoms with van der Waals surface area (Å²) in [7, 11) is 0. The van der Waals surface area contributed by atoms with Crippen LogP contribution in [0.2, 0.25) is 0 Å². The molecule has 6 heteroatoms. The van der Waals surface area contributed by atoms with Gasteiger partial charge in [0.25, 0.3) is 0 Å². The van der Waals surface area contributed by atoms with E-state index in [1.165, 1.54) is 28.7 Å². The highest BCUT2D eigenvalue weighted by Crippen LogP contribution is 2.70. The maximum atomic E-state index is 12.2. The second-order valence-electron chi connectivity index (χ2n) is 10.7. The van der Waals surface area contributed by atoms with E-state index in [1.54, 1.807) is 5.57 Å². The van der Waals surface area contributed by atoms with Gasteiger partial charge in [0.05, 0.1) is 12.2 Å². The Kier molecular flexibility index (Phi) is 10.8. The average molecular weight is 551 g/mol. The molecule has 0 bridgehead atoms. The summed E-state index contributed by atoms with van der Waals surface area (Å²) in [6.07, 6.45) is 9.97. The van der Waals surface area contributed by atoms with Crippen molar-refractivity contribution in [3.8, 4) is 5.75 Å². The summed E-state index contributed by atoms with van der Waals surface area (Å²) in [4.78, 5) is 12.2. The smallest absolute Gasteiger partial charge is 0.156 e. The summed E-state index contributed by atoms with van der Waals surface area (Å²) >= 11 is 0. The van der Waals surface area contributed by atoms with Crippen molar-refractivity contribution in [2.45, 2.75) is 84.7 Å². The van der Waals surface area contributed by atoms with Gasteiger partial charge in [-0.15, -0.1) is 0 Å². The molecule has 202 valence electrons. The van der Waals surface area contributed by atoms with Crippen LogP contribution in [0, 0.1) is 17.3 Å². The first kappa shape index (κ1) is 32.9. The molecule has 36 heavy (non-hydrogen) atoms. The Labute approximate surface area is 239 Å². The van der Waals surface area contributed by atoms with Crippen molar-refractivity contribution in [2.75, 3.05) is 6.61 Å². The molecule has 1 spiro atoms. The highest BCUT2D eigenvalue weighted by molar-refractivity contribution is 7.59. The van der Waals surface area contributed by atoms with Crippen LogP contribution in [0.15, 0.2) is 59.2 Å². The second kappa shape index (κ2) is 11.8. The highest BCUT2D eigenvalue weighted by Gasteiger charge is 2.65. The Morgan fingerprint density at radius 2 is 1.69 bits per heavy atom.